The van der Waals surface area contributed by atoms with Gasteiger partial charge in [0.2, 0.25) is 0 Å². The summed E-state index contributed by atoms with van der Waals surface area (Å²) >= 11 is 0.177. The SMILES string of the molecule is C[Si](C)(C)[CH2][Pt][C]1=C(c2cccc3ccccc23)C=CC1. The van der Waals surface area contributed by atoms with E-state index in [0.717, 1.165) is 0 Å². The Balaban J connectivity index is 2.01. The van der Waals surface area contributed by atoms with Crippen molar-refractivity contribution in [2.24, 2.45) is 0 Å². The van der Waals surface area contributed by atoms with Crippen molar-refractivity contribution in [2.45, 2.75) is 30.5 Å². The molecule has 1 aliphatic carbocycles. The predicted octanol–water partition coefficient (Wildman–Crippen LogP) is 5.89. The van der Waals surface area contributed by atoms with Gasteiger partial charge >= 0.3 is 138 Å². The third kappa shape index (κ3) is 3.47. The maximum absolute atomic E-state index is 2.49. The molecule has 0 unspecified atom stereocenters. The Morgan fingerprint density at radius 3 is 2.57 bits per heavy atom. The average Bonchev–Trinajstić information content (AvgIpc) is 2.92. The van der Waals surface area contributed by atoms with Crippen LogP contribution in [-0.4, -0.2) is 8.07 Å². The number of benzene rings is 2. The molecular weight excluding hydrogens is 451 g/mol. The second kappa shape index (κ2) is 6.06. The number of allylic oxidation sites excluding steroid dienone is 4. The second-order valence-corrected chi connectivity index (χ2v) is 16.6. The van der Waals surface area contributed by atoms with Gasteiger partial charge in [-0.05, 0) is 0 Å². The second-order valence-electron chi connectivity index (χ2n) is 6.70. The predicted molar refractivity (Wildman–Crippen MR) is 92.8 cm³/mol. The molecule has 21 heavy (non-hydrogen) atoms. The normalized spacial score (nSPS) is 15.4. The van der Waals surface area contributed by atoms with Gasteiger partial charge in [0.25, 0.3) is 0 Å². The molecule has 0 saturated heterocycles. The van der Waals surface area contributed by atoms with Gasteiger partial charge < -0.3 is 0 Å². The van der Waals surface area contributed by atoms with Gasteiger partial charge in [0.15, 0.2) is 0 Å². The molecule has 0 N–H and O–H groups in total. The summed E-state index contributed by atoms with van der Waals surface area (Å²) in [5.41, 5.74) is 2.96. The molecule has 0 heterocycles. The summed E-state index contributed by atoms with van der Waals surface area (Å²) in [6.45, 7) is 7.48. The van der Waals surface area contributed by atoms with E-state index in [1.54, 1.807) is 3.96 Å². The zero-order valence-electron chi connectivity index (χ0n) is 12.9. The topological polar surface area (TPSA) is 0 Å². The van der Waals surface area contributed by atoms with Crippen LogP contribution in [0.4, 0.5) is 0 Å². The fourth-order valence-corrected chi connectivity index (χ4v) is 9.56. The molecule has 0 fully saturated rings. The molecule has 2 aromatic rings. The molecule has 112 valence electrons. The van der Waals surface area contributed by atoms with Crippen molar-refractivity contribution >= 4 is 24.4 Å². The monoisotopic (exact) mass is 473 g/mol. The van der Waals surface area contributed by atoms with Crippen molar-refractivity contribution in [1.29, 1.82) is 0 Å². The summed E-state index contributed by atoms with van der Waals surface area (Å²) in [5, 5.41) is 2.75. The first kappa shape index (κ1) is 15.0. The van der Waals surface area contributed by atoms with Gasteiger partial charge in [0.1, 0.15) is 0 Å². The zero-order valence-corrected chi connectivity index (χ0v) is 16.2. The molecule has 2 aromatic carbocycles. The van der Waals surface area contributed by atoms with Gasteiger partial charge in [-0.25, -0.2) is 0 Å². The summed E-state index contributed by atoms with van der Waals surface area (Å²) in [5.74, 6) is 0. The van der Waals surface area contributed by atoms with Crippen LogP contribution in [0.2, 0.25) is 24.1 Å². The third-order valence-electron chi connectivity index (χ3n) is 3.45. The third-order valence-corrected chi connectivity index (χ3v) is 14.7. The molecule has 0 saturated carbocycles. The van der Waals surface area contributed by atoms with E-state index >= 15 is 0 Å². The summed E-state index contributed by atoms with van der Waals surface area (Å²) in [4.78, 5) is 0. The van der Waals surface area contributed by atoms with Gasteiger partial charge in [0, 0.05) is 0 Å². The van der Waals surface area contributed by atoms with E-state index in [1.165, 1.54) is 32.8 Å². The Morgan fingerprint density at radius 1 is 1.00 bits per heavy atom. The Hall–Kier alpha value is -0.915. The van der Waals surface area contributed by atoms with Crippen LogP contribution >= 0.6 is 0 Å². The summed E-state index contributed by atoms with van der Waals surface area (Å²) < 4.78 is 3.24. The fraction of sp³-hybridized carbons (Fsp3) is 0.263. The molecule has 0 spiro atoms. The van der Waals surface area contributed by atoms with Crippen LogP contribution in [-0.2, 0) is 18.6 Å². The van der Waals surface area contributed by atoms with E-state index in [1.807, 2.05) is 0 Å². The van der Waals surface area contributed by atoms with E-state index in [9.17, 15) is 0 Å². The van der Waals surface area contributed by atoms with Gasteiger partial charge in [-0.3, -0.25) is 0 Å². The summed E-state index contributed by atoms with van der Waals surface area (Å²) in [7, 11) is -0.922. The van der Waals surface area contributed by atoms with Gasteiger partial charge in [-0.15, -0.1) is 0 Å². The zero-order chi connectivity index (χ0) is 14.9. The van der Waals surface area contributed by atoms with E-state index in [0.29, 0.717) is 0 Å². The van der Waals surface area contributed by atoms with Gasteiger partial charge in [-0.2, -0.15) is 0 Å². The van der Waals surface area contributed by atoms with Crippen molar-refractivity contribution in [3.63, 3.8) is 0 Å². The molecule has 3 rings (SSSR count). The maximum atomic E-state index is 2.49. The fourth-order valence-electron chi connectivity index (χ4n) is 2.50. The minimum atomic E-state index is -0.922. The van der Waals surface area contributed by atoms with Crippen molar-refractivity contribution in [3.8, 4) is 0 Å². The molecule has 0 amide bonds. The number of fused-ring (bicyclic) bond motifs is 1. The van der Waals surface area contributed by atoms with Crippen LogP contribution in [0.1, 0.15) is 12.0 Å². The first-order chi connectivity index (χ1) is 10.0. The van der Waals surface area contributed by atoms with Crippen LogP contribution in [0.25, 0.3) is 16.3 Å². The van der Waals surface area contributed by atoms with Gasteiger partial charge in [-0.1, -0.05) is 0 Å². The molecule has 0 bridgehead atoms. The molecule has 0 aromatic heterocycles. The van der Waals surface area contributed by atoms with Crippen LogP contribution in [0.15, 0.2) is 58.6 Å². The Morgan fingerprint density at radius 2 is 1.76 bits per heavy atom. The van der Waals surface area contributed by atoms with E-state index < -0.39 is 8.07 Å². The minimum absolute atomic E-state index is 0.177. The molecule has 0 atom stereocenters. The number of hydrogen-bond donors (Lipinski definition) is 0. The molecule has 0 radical (unpaired) electrons. The Bertz CT molecular complexity index is 714. The van der Waals surface area contributed by atoms with Crippen LogP contribution in [0, 0.1) is 0 Å². The Labute approximate surface area is 137 Å². The Kier molecular flexibility index (Phi) is 4.33. The van der Waals surface area contributed by atoms with Crippen LogP contribution in [0.5, 0.6) is 0 Å². The van der Waals surface area contributed by atoms with Crippen molar-refractivity contribution in [1.82, 2.24) is 0 Å². The molecule has 0 nitrogen and oxygen atoms in total. The van der Waals surface area contributed by atoms with Crippen LogP contribution in [0.3, 0.4) is 0 Å². The molecular formula is C19H22PtSi. The summed E-state index contributed by atoms with van der Waals surface area (Å²) in [6, 6.07) is 15.5. The number of hydrogen-bond acceptors (Lipinski definition) is 0. The van der Waals surface area contributed by atoms with Crippen LogP contribution < -0.4 is 0 Å². The number of rotatable bonds is 4. The first-order valence-corrected chi connectivity index (χ1v) is 13.9. The van der Waals surface area contributed by atoms with E-state index in [-0.39, 0.29) is 18.6 Å². The van der Waals surface area contributed by atoms with Crippen molar-refractivity contribution < 1.29 is 18.6 Å². The van der Waals surface area contributed by atoms with Gasteiger partial charge in [0.05, 0.1) is 0 Å². The van der Waals surface area contributed by atoms with E-state index in [4.69, 9.17) is 0 Å². The van der Waals surface area contributed by atoms with E-state index in [2.05, 4.69) is 74.3 Å². The van der Waals surface area contributed by atoms with Crippen molar-refractivity contribution in [3.05, 3.63) is 64.1 Å². The first-order valence-electron chi connectivity index (χ1n) is 7.44. The average molecular weight is 474 g/mol. The molecule has 2 heteroatoms. The quantitative estimate of drug-likeness (QED) is 0.486. The molecule has 1 aliphatic rings. The standard InChI is InChI=1S/C15H11.C4H11Si.Pt/c1-2-7-12(6-1)15-11-5-9-13-8-3-4-10-14(13)15;1-5(2,3)4;/h1,3-6,8-11H,2H2;1H2,2-4H3;. The molecule has 0 aliphatic heterocycles. The van der Waals surface area contributed by atoms with Crippen molar-refractivity contribution in [2.75, 3.05) is 0 Å². The summed E-state index contributed by atoms with van der Waals surface area (Å²) in [6.07, 6.45) is 5.91.